The lowest BCUT2D eigenvalue weighted by Gasteiger charge is -2.09. The first-order valence-corrected chi connectivity index (χ1v) is 4.95. The van der Waals surface area contributed by atoms with Gasteiger partial charge in [0.2, 0.25) is 0 Å². The first-order valence-electron chi connectivity index (χ1n) is 4.95. The van der Waals surface area contributed by atoms with Gasteiger partial charge in [0.1, 0.15) is 5.82 Å². The Morgan fingerprint density at radius 2 is 1.94 bits per heavy atom. The van der Waals surface area contributed by atoms with Crippen LogP contribution in [0.4, 0.5) is 23.2 Å². The number of alkyl halides is 3. The van der Waals surface area contributed by atoms with Crippen LogP contribution in [0.15, 0.2) is 18.2 Å². The van der Waals surface area contributed by atoms with Crippen LogP contribution < -0.4 is 5.32 Å². The molecule has 5 heteroatoms. The Hall–Kier alpha value is -1.26. The van der Waals surface area contributed by atoms with Crippen LogP contribution in [0.2, 0.25) is 0 Å². The summed E-state index contributed by atoms with van der Waals surface area (Å²) in [7, 11) is 0. The van der Waals surface area contributed by atoms with E-state index in [4.69, 9.17) is 0 Å². The quantitative estimate of drug-likeness (QED) is 0.616. The molecule has 1 nitrogen and oxygen atoms in total. The molecule has 1 N–H and O–H groups in total. The fraction of sp³-hybridized carbons (Fsp3) is 0.455. The van der Waals surface area contributed by atoms with Crippen molar-refractivity contribution < 1.29 is 17.6 Å². The molecule has 0 aromatic heterocycles. The summed E-state index contributed by atoms with van der Waals surface area (Å²) in [6.45, 7) is 1.90. The molecule has 16 heavy (non-hydrogen) atoms. The minimum Gasteiger partial charge on any atom is -0.383 e. The zero-order valence-electron chi connectivity index (χ0n) is 8.87. The Morgan fingerprint density at radius 3 is 2.56 bits per heavy atom. The van der Waals surface area contributed by atoms with E-state index in [0.29, 0.717) is 0 Å². The second-order valence-electron chi connectivity index (χ2n) is 3.63. The molecule has 0 spiro atoms. The summed E-state index contributed by atoms with van der Waals surface area (Å²) >= 11 is 0. The van der Waals surface area contributed by atoms with Gasteiger partial charge in [-0.15, -0.1) is 0 Å². The Bertz CT molecular complexity index is 346. The number of aryl methyl sites for hydroxylation is 1. The van der Waals surface area contributed by atoms with Crippen molar-refractivity contribution in [1.29, 1.82) is 0 Å². The van der Waals surface area contributed by atoms with E-state index in [9.17, 15) is 17.6 Å². The fourth-order valence-corrected chi connectivity index (χ4v) is 1.29. The van der Waals surface area contributed by atoms with E-state index in [1.807, 2.05) is 0 Å². The molecule has 90 valence electrons. The van der Waals surface area contributed by atoms with Gasteiger partial charge in [0.15, 0.2) is 0 Å². The van der Waals surface area contributed by atoms with Gasteiger partial charge in [-0.1, -0.05) is 6.07 Å². The molecule has 0 amide bonds. The third-order valence-electron chi connectivity index (χ3n) is 2.07. The van der Waals surface area contributed by atoms with Gasteiger partial charge in [0, 0.05) is 13.0 Å². The first-order chi connectivity index (χ1) is 7.38. The van der Waals surface area contributed by atoms with Crippen LogP contribution in [0.5, 0.6) is 0 Å². The summed E-state index contributed by atoms with van der Waals surface area (Å²) < 4.78 is 48.6. The molecule has 0 heterocycles. The molecule has 0 aliphatic heterocycles. The van der Waals surface area contributed by atoms with Crippen LogP contribution in [-0.2, 0) is 0 Å². The highest BCUT2D eigenvalue weighted by molar-refractivity contribution is 5.46. The van der Waals surface area contributed by atoms with Crippen LogP contribution in [-0.4, -0.2) is 12.7 Å². The van der Waals surface area contributed by atoms with Crippen molar-refractivity contribution in [3.05, 3.63) is 29.6 Å². The highest BCUT2D eigenvalue weighted by Crippen LogP contribution is 2.21. The van der Waals surface area contributed by atoms with E-state index in [-0.39, 0.29) is 18.7 Å². The lowest BCUT2D eigenvalue weighted by atomic mass is 10.2. The maximum Gasteiger partial charge on any atom is 0.389 e. The number of halogens is 4. The molecule has 0 aliphatic carbocycles. The molecule has 0 saturated carbocycles. The standard InChI is InChI=1S/C11H13F4N/c1-8-3-4-9(12)10(7-8)16-6-2-5-11(13,14)15/h3-4,7,16H,2,5-6H2,1H3. The van der Waals surface area contributed by atoms with Crippen molar-refractivity contribution in [3.63, 3.8) is 0 Å². The molecule has 1 aromatic carbocycles. The van der Waals surface area contributed by atoms with E-state index in [1.165, 1.54) is 6.07 Å². The summed E-state index contributed by atoms with van der Waals surface area (Å²) in [5.74, 6) is -0.447. The first kappa shape index (κ1) is 12.8. The average Bonchev–Trinajstić information content (AvgIpc) is 2.16. The summed E-state index contributed by atoms with van der Waals surface area (Å²) in [5.41, 5.74) is 1.11. The van der Waals surface area contributed by atoms with Gasteiger partial charge in [-0.25, -0.2) is 4.39 Å². The van der Waals surface area contributed by atoms with Crippen molar-refractivity contribution in [2.24, 2.45) is 0 Å². The normalized spacial score (nSPS) is 11.6. The second-order valence-corrected chi connectivity index (χ2v) is 3.63. The average molecular weight is 235 g/mol. The summed E-state index contributed by atoms with van der Waals surface area (Å²) in [6, 6.07) is 4.47. The highest BCUT2D eigenvalue weighted by atomic mass is 19.4. The van der Waals surface area contributed by atoms with E-state index in [0.717, 1.165) is 5.56 Å². The molecule has 0 atom stereocenters. The van der Waals surface area contributed by atoms with Crippen LogP contribution in [0.3, 0.4) is 0 Å². The van der Waals surface area contributed by atoms with E-state index in [1.54, 1.807) is 19.1 Å². The van der Waals surface area contributed by atoms with Crippen LogP contribution in [0.1, 0.15) is 18.4 Å². The van der Waals surface area contributed by atoms with Gasteiger partial charge in [0.25, 0.3) is 0 Å². The lowest BCUT2D eigenvalue weighted by molar-refractivity contribution is -0.134. The highest BCUT2D eigenvalue weighted by Gasteiger charge is 2.25. The summed E-state index contributed by atoms with van der Waals surface area (Å²) in [6.07, 6.45) is -5.06. The fourth-order valence-electron chi connectivity index (χ4n) is 1.29. The molecular weight excluding hydrogens is 222 g/mol. The van der Waals surface area contributed by atoms with Crippen molar-refractivity contribution in [2.75, 3.05) is 11.9 Å². The zero-order chi connectivity index (χ0) is 12.2. The molecule has 0 fully saturated rings. The SMILES string of the molecule is Cc1ccc(F)c(NCCCC(F)(F)F)c1. The predicted octanol–water partition coefficient (Wildman–Crippen LogP) is 3.89. The van der Waals surface area contributed by atoms with E-state index in [2.05, 4.69) is 5.32 Å². The predicted molar refractivity (Wildman–Crippen MR) is 54.9 cm³/mol. The smallest absolute Gasteiger partial charge is 0.383 e. The summed E-state index contributed by atoms with van der Waals surface area (Å²) in [5, 5.41) is 2.65. The Kier molecular flexibility index (Phi) is 4.15. The molecule has 0 unspecified atom stereocenters. The molecular formula is C11H13F4N. The van der Waals surface area contributed by atoms with Gasteiger partial charge in [-0.2, -0.15) is 13.2 Å². The second kappa shape index (κ2) is 5.18. The molecule has 1 aromatic rings. The third kappa shape index (κ3) is 4.51. The van der Waals surface area contributed by atoms with Crippen molar-refractivity contribution >= 4 is 5.69 Å². The van der Waals surface area contributed by atoms with Gasteiger partial charge < -0.3 is 5.32 Å². The van der Waals surface area contributed by atoms with Crippen molar-refractivity contribution in [1.82, 2.24) is 0 Å². The molecule has 0 saturated heterocycles. The largest absolute Gasteiger partial charge is 0.389 e. The number of hydrogen-bond acceptors (Lipinski definition) is 1. The minimum absolute atomic E-state index is 0.0586. The van der Waals surface area contributed by atoms with Gasteiger partial charge in [-0.05, 0) is 31.0 Å². The monoisotopic (exact) mass is 235 g/mol. The van der Waals surface area contributed by atoms with Crippen LogP contribution in [0.25, 0.3) is 0 Å². The van der Waals surface area contributed by atoms with Crippen molar-refractivity contribution in [3.8, 4) is 0 Å². The number of hydrogen-bond donors (Lipinski definition) is 1. The number of benzene rings is 1. The molecule has 0 radical (unpaired) electrons. The number of nitrogens with one attached hydrogen (secondary N) is 1. The van der Waals surface area contributed by atoms with Crippen LogP contribution >= 0.6 is 0 Å². The maximum absolute atomic E-state index is 13.1. The van der Waals surface area contributed by atoms with E-state index >= 15 is 0 Å². The number of anilines is 1. The summed E-state index contributed by atoms with van der Waals surface area (Å²) in [4.78, 5) is 0. The molecule has 1 rings (SSSR count). The van der Waals surface area contributed by atoms with Gasteiger partial charge >= 0.3 is 6.18 Å². The van der Waals surface area contributed by atoms with Crippen molar-refractivity contribution in [2.45, 2.75) is 25.9 Å². The Labute approximate surface area is 91.5 Å². The Balaban J connectivity index is 2.40. The molecule has 0 aliphatic rings. The van der Waals surface area contributed by atoms with E-state index < -0.39 is 18.4 Å². The van der Waals surface area contributed by atoms with Crippen LogP contribution in [0, 0.1) is 12.7 Å². The minimum atomic E-state index is -4.15. The maximum atomic E-state index is 13.1. The lowest BCUT2D eigenvalue weighted by Crippen LogP contribution is -2.11. The number of rotatable bonds is 4. The topological polar surface area (TPSA) is 12.0 Å². The van der Waals surface area contributed by atoms with Gasteiger partial charge in [-0.3, -0.25) is 0 Å². The van der Waals surface area contributed by atoms with Gasteiger partial charge in [0.05, 0.1) is 5.69 Å². The Morgan fingerprint density at radius 1 is 1.25 bits per heavy atom. The molecule has 0 bridgehead atoms. The third-order valence-corrected chi connectivity index (χ3v) is 2.07. The zero-order valence-corrected chi connectivity index (χ0v) is 8.87.